The van der Waals surface area contributed by atoms with Gasteiger partial charge in [0.05, 0.1) is 0 Å². The summed E-state index contributed by atoms with van der Waals surface area (Å²) < 4.78 is 0. The second kappa shape index (κ2) is 10.4. The minimum Gasteiger partial charge on any atom is -0.357 e. The summed E-state index contributed by atoms with van der Waals surface area (Å²) in [6, 6.07) is 8.18. The van der Waals surface area contributed by atoms with Crippen LogP contribution in [0.25, 0.3) is 0 Å². The molecule has 0 saturated carbocycles. The molecule has 2 rings (SSSR count). The summed E-state index contributed by atoms with van der Waals surface area (Å²) >= 11 is 6.28. The molecule has 26 heavy (non-hydrogen) atoms. The lowest BCUT2D eigenvalue weighted by atomic mass is 10.1. The molecule has 1 aliphatic heterocycles. The highest BCUT2D eigenvalue weighted by Gasteiger charge is 2.26. The second-order valence-electron chi connectivity index (χ2n) is 6.72. The van der Waals surface area contributed by atoms with E-state index in [9.17, 15) is 4.79 Å². The zero-order valence-corrected chi connectivity index (χ0v) is 16.9. The number of guanidine groups is 1. The number of carbonyl (C=O) groups excluding carboxylic acids is 1. The average molecular weight is 379 g/mol. The van der Waals surface area contributed by atoms with Crippen molar-refractivity contribution in [3.63, 3.8) is 0 Å². The van der Waals surface area contributed by atoms with Crippen LogP contribution in [0.3, 0.4) is 0 Å². The van der Waals surface area contributed by atoms with E-state index in [1.165, 1.54) is 0 Å². The number of amides is 1. The van der Waals surface area contributed by atoms with Crippen molar-refractivity contribution < 1.29 is 4.79 Å². The van der Waals surface area contributed by atoms with E-state index < -0.39 is 0 Å². The van der Waals surface area contributed by atoms with Gasteiger partial charge in [0, 0.05) is 50.7 Å². The standard InChI is InChI=1S/C20H31ClN4O/c1-4-17(25-14-8-11-19(25)26)12-13-23-20(22-5-2)24(3)15-16-9-6-7-10-18(16)21/h6-7,9-10,17H,4-5,8,11-15H2,1-3H3,(H,22,23). The van der Waals surface area contributed by atoms with Crippen LogP contribution in [0.5, 0.6) is 0 Å². The molecule has 1 saturated heterocycles. The number of benzene rings is 1. The highest BCUT2D eigenvalue weighted by atomic mass is 35.5. The van der Waals surface area contributed by atoms with Gasteiger partial charge in [0.15, 0.2) is 5.96 Å². The first-order valence-corrected chi connectivity index (χ1v) is 9.96. The summed E-state index contributed by atoms with van der Waals surface area (Å²) in [6.45, 7) is 7.33. The molecular weight excluding hydrogens is 348 g/mol. The van der Waals surface area contributed by atoms with E-state index in [-0.39, 0.29) is 0 Å². The highest BCUT2D eigenvalue weighted by Crippen LogP contribution is 2.19. The predicted octanol–water partition coefficient (Wildman–Crippen LogP) is 3.53. The van der Waals surface area contributed by atoms with E-state index in [1.807, 2.05) is 36.2 Å². The third-order valence-corrected chi connectivity index (χ3v) is 5.18. The number of nitrogens with zero attached hydrogens (tertiary/aromatic N) is 3. The molecule has 1 amide bonds. The molecule has 1 N–H and O–H groups in total. The van der Waals surface area contributed by atoms with Gasteiger partial charge in [-0.05, 0) is 37.8 Å². The fourth-order valence-electron chi connectivity index (χ4n) is 3.38. The SMILES string of the molecule is CCNC(=NCCC(CC)N1CCCC1=O)N(C)Cc1ccccc1Cl. The lowest BCUT2D eigenvalue weighted by molar-refractivity contribution is -0.129. The summed E-state index contributed by atoms with van der Waals surface area (Å²) in [4.78, 5) is 20.9. The Morgan fingerprint density at radius 1 is 1.38 bits per heavy atom. The number of hydrogen-bond acceptors (Lipinski definition) is 2. The topological polar surface area (TPSA) is 47.9 Å². The molecule has 1 unspecified atom stereocenters. The van der Waals surface area contributed by atoms with E-state index in [4.69, 9.17) is 16.6 Å². The molecule has 0 aromatic heterocycles. The average Bonchev–Trinajstić information content (AvgIpc) is 3.05. The number of aliphatic imine (C=N–C) groups is 1. The highest BCUT2D eigenvalue weighted by molar-refractivity contribution is 6.31. The lowest BCUT2D eigenvalue weighted by Crippen LogP contribution is -2.39. The molecule has 1 fully saturated rings. The Labute approximate surface area is 162 Å². The van der Waals surface area contributed by atoms with Gasteiger partial charge in [0.2, 0.25) is 5.91 Å². The largest absolute Gasteiger partial charge is 0.357 e. The van der Waals surface area contributed by atoms with Crippen LogP contribution in [0.1, 0.15) is 45.1 Å². The maximum Gasteiger partial charge on any atom is 0.222 e. The van der Waals surface area contributed by atoms with Crippen LogP contribution in [0, 0.1) is 0 Å². The van der Waals surface area contributed by atoms with Crippen molar-refractivity contribution in [2.24, 2.45) is 4.99 Å². The maximum absolute atomic E-state index is 12.0. The first-order chi connectivity index (χ1) is 12.6. The Morgan fingerprint density at radius 3 is 2.77 bits per heavy atom. The lowest BCUT2D eigenvalue weighted by Gasteiger charge is -2.27. The maximum atomic E-state index is 12.0. The Morgan fingerprint density at radius 2 is 2.15 bits per heavy atom. The molecule has 1 heterocycles. The summed E-state index contributed by atoms with van der Waals surface area (Å²) in [6.07, 6.45) is 3.56. The Kier molecular flexibility index (Phi) is 8.23. The molecule has 0 radical (unpaired) electrons. The van der Waals surface area contributed by atoms with Gasteiger partial charge in [-0.15, -0.1) is 0 Å². The normalized spacial score (nSPS) is 16.1. The fourth-order valence-corrected chi connectivity index (χ4v) is 3.58. The van der Waals surface area contributed by atoms with Crippen molar-refractivity contribution in [2.75, 3.05) is 26.7 Å². The summed E-state index contributed by atoms with van der Waals surface area (Å²) in [7, 11) is 2.02. The van der Waals surface area contributed by atoms with Crippen molar-refractivity contribution in [3.05, 3.63) is 34.9 Å². The summed E-state index contributed by atoms with van der Waals surface area (Å²) in [5, 5.41) is 4.12. The Bertz CT molecular complexity index is 620. The van der Waals surface area contributed by atoms with Crippen LogP contribution in [0.15, 0.2) is 29.3 Å². The van der Waals surface area contributed by atoms with Crippen LogP contribution in [0.4, 0.5) is 0 Å². The fraction of sp³-hybridized carbons (Fsp3) is 0.600. The Hall–Kier alpha value is -1.75. The summed E-state index contributed by atoms with van der Waals surface area (Å²) in [5.74, 6) is 1.17. The molecule has 6 heteroatoms. The number of likely N-dealkylation sites (tertiary alicyclic amines) is 1. The molecule has 1 aromatic carbocycles. The molecule has 1 aliphatic rings. The van der Waals surface area contributed by atoms with E-state index in [0.717, 1.165) is 48.9 Å². The van der Waals surface area contributed by atoms with E-state index in [2.05, 4.69) is 24.1 Å². The minimum absolute atomic E-state index is 0.295. The second-order valence-corrected chi connectivity index (χ2v) is 7.13. The number of halogens is 1. The molecule has 1 aromatic rings. The molecule has 0 spiro atoms. The van der Waals surface area contributed by atoms with Crippen LogP contribution < -0.4 is 5.32 Å². The van der Waals surface area contributed by atoms with Gasteiger partial charge >= 0.3 is 0 Å². The number of hydrogen-bond donors (Lipinski definition) is 1. The number of rotatable bonds is 8. The zero-order valence-electron chi connectivity index (χ0n) is 16.2. The quantitative estimate of drug-likeness (QED) is 0.556. The van der Waals surface area contributed by atoms with Crippen LogP contribution >= 0.6 is 11.6 Å². The van der Waals surface area contributed by atoms with Gasteiger partial charge in [0.1, 0.15) is 0 Å². The van der Waals surface area contributed by atoms with Gasteiger partial charge in [-0.3, -0.25) is 9.79 Å². The molecule has 144 valence electrons. The van der Waals surface area contributed by atoms with Crippen molar-refractivity contribution in [3.8, 4) is 0 Å². The van der Waals surface area contributed by atoms with Gasteiger partial charge in [0.25, 0.3) is 0 Å². The predicted molar refractivity (Wildman–Crippen MR) is 109 cm³/mol. The first kappa shape index (κ1) is 20.6. The molecule has 0 aliphatic carbocycles. The Balaban J connectivity index is 1.96. The first-order valence-electron chi connectivity index (χ1n) is 9.59. The molecule has 0 bridgehead atoms. The van der Waals surface area contributed by atoms with Crippen LogP contribution in [-0.2, 0) is 11.3 Å². The number of nitrogens with one attached hydrogen (secondary N) is 1. The van der Waals surface area contributed by atoms with E-state index >= 15 is 0 Å². The van der Waals surface area contributed by atoms with Crippen LogP contribution in [-0.4, -0.2) is 54.4 Å². The van der Waals surface area contributed by atoms with Crippen LogP contribution in [0.2, 0.25) is 5.02 Å². The molecular formula is C20H31ClN4O. The van der Waals surface area contributed by atoms with Crippen molar-refractivity contribution >= 4 is 23.5 Å². The third kappa shape index (κ3) is 5.63. The van der Waals surface area contributed by atoms with Gasteiger partial charge in [-0.2, -0.15) is 0 Å². The molecule has 5 nitrogen and oxygen atoms in total. The summed E-state index contributed by atoms with van der Waals surface area (Å²) in [5.41, 5.74) is 1.08. The van der Waals surface area contributed by atoms with Crippen molar-refractivity contribution in [1.82, 2.24) is 15.1 Å². The smallest absolute Gasteiger partial charge is 0.222 e. The van der Waals surface area contributed by atoms with Crippen molar-refractivity contribution in [1.29, 1.82) is 0 Å². The zero-order chi connectivity index (χ0) is 18.9. The monoisotopic (exact) mass is 378 g/mol. The van der Waals surface area contributed by atoms with Gasteiger partial charge < -0.3 is 15.1 Å². The van der Waals surface area contributed by atoms with Crippen molar-refractivity contribution in [2.45, 2.75) is 52.1 Å². The van der Waals surface area contributed by atoms with Gasteiger partial charge in [-0.1, -0.05) is 36.7 Å². The van der Waals surface area contributed by atoms with E-state index in [0.29, 0.717) is 31.5 Å². The minimum atomic E-state index is 0.295. The molecule has 1 atom stereocenters. The van der Waals surface area contributed by atoms with Gasteiger partial charge in [-0.25, -0.2) is 0 Å². The number of carbonyl (C=O) groups is 1. The van der Waals surface area contributed by atoms with E-state index in [1.54, 1.807) is 0 Å². The third-order valence-electron chi connectivity index (χ3n) is 4.81.